The van der Waals surface area contributed by atoms with Gasteiger partial charge in [0.2, 0.25) is 0 Å². The van der Waals surface area contributed by atoms with Crippen molar-refractivity contribution in [3.8, 4) is 0 Å². The zero-order valence-corrected chi connectivity index (χ0v) is 14.4. The fourth-order valence-electron chi connectivity index (χ4n) is 6.89. The van der Waals surface area contributed by atoms with Crippen LogP contribution in [0.2, 0.25) is 0 Å². The smallest absolute Gasteiger partial charge is 0.0675 e. The summed E-state index contributed by atoms with van der Waals surface area (Å²) in [5.41, 5.74) is 1.50. The van der Waals surface area contributed by atoms with Crippen molar-refractivity contribution in [2.75, 3.05) is 0 Å². The van der Waals surface area contributed by atoms with E-state index in [0.29, 0.717) is 11.3 Å². The first-order valence-electron chi connectivity index (χ1n) is 9.38. The van der Waals surface area contributed by atoms with Gasteiger partial charge in [0.15, 0.2) is 0 Å². The van der Waals surface area contributed by atoms with Gasteiger partial charge in [-0.3, -0.25) is 0 Å². The molecule has 124 valence electrons. The normalized spacial score (nSPS) is 57.6. The van der Waals surface area contributed by atoms with Crippen molar-refractivity contribution in [2.45, 2.75) is 83.8 Å². The van der Waals surface area contributed by atoms with Crippen LogP contribution in [0.25, 0.3) is 0 Å². The maximum absolute atomic E-state index is 10.9. The summed E-state index contributed by atoms with van der Waals surface area (Å²) in [6.07, 6.45) is 11.2. The van der Waals surface area contributed by atoms with Crippen LogP contribution < -0.4 is 0 Å². The van der Waals surface area contributed by atoms with Crippen LogP contribution in [0.1, 0.15) is 72.1 Å². The van der Waals surface area contributed by atoms with E-state index in [0.717, 1.165) is 37.5 Å². The number of hydrogen-bond donors (Lipinski definition) is 2. The van der Waals surface area contributed by atoms with Gasteiger partial charge in [0.1, 0.15) is 0 Å². The third-order valence-electron chi connectivity index (χ3n) is 8.64. The van der Waals surface area contributed by atoms with Crippen molar-refractivity contribution >= 4 is 0 Å². The molecule has 7 atom stereocenters. The van der Waals surface area contributed by atoms with E-state index >= 15 is 0 Å². The third-order valence-corrected chi connectivity index (χ3v) is 8.64. The minimum absolute atomic E-state index is 0.114. The van der Waals surface area contributed by atoms with E-state index in [9.17, 15) is 10.2 Å². The van der Waals surface area contributed by atoms with Gasteiger partial charge in [-0.2, -0.15) is 0 Å². The van der Waals surface area contributed by atoms with Crippen LogP contribution in [0.4, 0.5) is 0 Å². The fraction of sp³-hybridized carbons (Fsp3) is 0.900. The lowest BCUT2D eigenvalue weighted by Crippen LogP contribution is -2.53. The largest absolute Gasteiger partial charge is 0.393 e. The molecule has 4 aliphatic carbocycles. The molecule has 0 aromatic carbocycles. The molecule has 0 bridgehead atoms. The highest BCUT2D eigenvalue weighted by atomic mass is 16.3. The van der Waals surface area contributed by atoms with Gasteiger partial charge in [0, 0.05) is 0 Å². The second kappa shape index (κ2) is 4.60. The van der Waals surface area contributed by atoms with Crippen LogP contribution in [0.5, 0.6) is 0 Å². The van der Waals surface area contributed by atoms with E-state index in [1.807, 2.05) is 0 Å². The fourth-order valence-corrected chi connectivity index (χ4v) is 6.89. The number of aliphatic hydroxyl groups excluding tert-OH is 1. The van der Waals surface area contributed by atoms with Gasteiger partial charge in [-0.25, -0.2) is 0 Å². The Kier molecular flexibility index (Phi) is 3.18. The molecule has 0 aliphatic heterocycles. The molecular weight excluding hydrogens is 272 g/mol. The van der Waals surface area contributed by atoms with Gasteiger partial charge in [-0.05, 0) is 86.9 Å². The number of fused-ring (bicyclic) bond motifs is 5. The van der Waals surface area contributed by atoms with Gasteiger partial charge >= 0.3 is 0 Å². The summed E-state index contributed by atoms with van der Waals surface area (Å²) in [5.74, 6) is 2.20. The topological polar surface area (TPSA) is 40.5 Å². The summed E-state index contributed by atoms with van der Waals surface area (Å²) in [5, 5.41) is 21.0. The Balaban J connectivity index is 1.69. The maximum atomic E-state index is 10.9. The molecule has 4 aliphatic rings. The van der Waals surface area contributed by atoms with E-state index in [-0.39, 0.29) is 11.5 Å². The van der Waals surface area contributed by atoms with Crippen LogP contribution in [0.3, 0.4) is 0 Å². The molecule has 3 fully saturated rings. The van der Waals surface area contributed by atoms with Crippen LogP contribution in [0.15, 0.2) is 11.6 Å². The number of allylic oxidation sites excluding steroid dienone is 1. The zero-order valence-electron chi connectivity index (χ0n) is 14.4. The Morgan fingerprint density at radius 2 is 1.73 bits per heavy atom. The van der Waals surface area contributed by atoms with Crippen molar-refractivity contribution in [3.63, 3.8) is 0 Å². The van der Waals surface area contributed by atoms with Crippen LogP contribution in [-0.2, 0) is 0 Å². The van der Waals surface area contributed by atoms with Crippen LogP contribution in [0, 0.1) is 28.6 Å². The molecule has 0 spiro atoms. The number of rotatable bonds is 0. The van der Waals surface area contributed by atoms with Gasteiger partial charge in [-0.15, -0.1) is 0 Å². The zero-order chi connectivity index (χ0) is 15.8. The monoisotopic (exact) mass is 304 g/mol. The first-order valence-corrected chi connectivity index (χ1v) is 9.38. The SMILES string of the molecule is C[C@]12CC[C@@H]3[C@@H](CC=C4C[C@H](O)CC[C@]43C)[C@H]1CC[C@@]2(C)O. The molecule has 4 rings (SSSR count). The van der Waals surface area contributed by atoms with Gasteiger partial charge in [-0.1, -0.05) is 25.5 Å². The highest BCUT2D eigenvalue weighted by molar-refractivity contribution is 5.26. The van der Waals surface area contributed by atoms with E-state index in [1.165, 1.54) is 25.7 Å². The standard InChI is InChI=1S/C20H32O2/c1-18-9-6-14(21)12-13(18)4-5-15-16(18)7-10-19(2)17(15)8-11-20(19,3)22/h4,14-17,21-22H,5-12H2,1-3H3/t14-,15-,16-,17-,18-,19+,20-/m1/s1. The van der Waals surface area contributed by atoms with Crippen LogP contribution >= 0.6 is 0 Å². The number of hydrogen-bond acceptors (Lipinski definition) is 2. The van der Waals surface area contributed by atoms with Crippen molar-refractivity contribution in [1.82, 2.24) is 0 Å². The number of aliphatic hydroxyl groups is 2. The van der Waals surface area contributed by atoms with Crippen molar-refractivity contribution < 1.29 is 10.2 Å². The summed E-state index contributed by atoms with van der Waals surface area (Å²) in [6.45, 7) is 6.90. The van der Waals surface area contributed by atoms with Crippen LogP contribution in [-0.4, -0.2) is 21.9 Å². The second-order valence-corrected chi connectivity index (χ2v) is 9.42. The van der Waals surface area contributed by atoms with Gasteiger partial charge in [0.25, 0.3) is 0 Å². The quantitative estimate of drug-likeness (QED) is 0.663. The highest BCUT2D eigenvalue weighted by Gasteiger charge is 2.61. The molecule has 0 aromatic rings. The average molecular weight is 304 g/mol. The first-order chi connectivity index (χ1) is 10.3. The van der Waals surface area contributed by atoms with E-state index in [4.69, 9.17) is 0 Å². The van der Waals surface area contributed by atoms with E-state index in [2.05, 4.69) is 26.8 Å². The molecule has 2 heteroatoms. The van der Waals surface area contributed by atoms with E-state index in [1.54, 1.807) is 5.57 Å². The molecule has 0 aromatic heterocycles. The van der Waals surface area contributed by atoms with Gasteiger partial charge < -0.3 is 10.2 Å². The molecule has 0 heterocycles. The molecule has 0 saturated heterocycles. The molecule has 2 nitrogen and oxygen atoms in total. The van der Waals surface area contributed by atoms with Gasteiger partial charge in [0.05, 0.1) is 11.7 Å². The maximum Gasteiger partial charge on any atom is 0.0675 e. The summed E-state index contributed by atoms with van der Waals surface area (Å²) < 4.78 is 0. The molecule has 0 radical (unpaired) electrons. The lowest BCUT2D eigenvalue weighted by molar-refractivity contribution is -0.115. The molecule has 22 heavy (non-hydrogen) atoms. The molecule has 3 saturated carbocycles. The Bertz CT molecular complexity index is 508. The second-order valence-electron chi connectivity index (χ2n) is 9.42. The minimum atomic E-state index is -0.476. The van der Waals surface area contributed by atoms with E-state index < -0.39 is 5.60 Å². The Hall–Kier alpha value is -0.340. The lowest BCUT2D eigenvalue weighted by atomic mass is 9.47. The Morgan fingerprint density at radius 1 is 1.00 bits per heavy atom. The molecule has 2 N–H and O–H groups in total. The Morgan fingerprint density at radius 3 is 2.50 bits per heavy atom. The first kappa shape index (κ1) is 15.2. The summed E-state index contributed by atoms with van der Waals surface area (Å²) >= 11 is 0. The summed E-state index contributed by atoms with van der Waals surface area (Å²) in [7, 11) is 0. The molecule has 0 amide bonds. The lowest BCUT2D eigenvalue weighted by Gasteiger charge is -2.58. The highest BCUT2D eigenvalue weighted by Crippen LogP contribution is 2.66. The van der Waals surface area contributed by atoms with Crippen molar-refractivity contribution in [1.29, 1.82) is 0 Å². The average Bonchev–Trinajstić information content (AvgIpc) is 2.70. The summed E-state index contributed by atoms with van der Waals surface area (Å²) in [6, 6.07) is 0. The van der Waals surface area contributed by atoms with Crippen molar-refractivity contribution in [3.05, 3.63) is 11.6 Å². The Labute approximate surface area is 135 Å². The predicted octanol–water partition coefficient (Wildman–Crippen LogP) is 4.06. The predicted molar refractivity (Wildman–Crippen MR) is 88.3 cm³/mol. The minimum Gasteiger partial charge on any atom is -0.393 e. The third kappa shape index (κ3) is 1.80. The molecule has 0 unspecified atom stereocenters. The molecular formula is C20H32O2. The van der Waals surface area contributed by atoms with Crippen molar-refractivity contribution in [2.24, 2.45) is 28.6 Å². The summed E-state index contributed by atoms with van der Waals surface area (Å²) in [4.78, 5) is 0.